The monoisotopic (exact) mass is 574 g/mol. The molecule has 9 nitrogen and oxygen atoms in total. The Balaban J connectivity index is 1.87. The van der Waals surface area contributed by atoms with E-state index < -0.39 is 6.04 Å². The minimum absolute atomic E-state index is 0.0980. The lowest BCUT2D eigenvalue weighted by molar-refractivity contribution is -0.127. The van der Waals surface area contributed by atoms with Crippen LogP contribution in [0.4, 0.5) is 5.69 Å². The number of likely N-dealkylation sites (N-methyl/N-ethyl adjacent to an activating group) is 1. The van der Waals surface area contributed by atoms with Gasteiger partial charge in [0, 0.05) is 30.3 Å². The van der Waals surface area contributed by atoms with E-state index in [0.29, 0.717) is 61.9 Å². The number of fused-ring (bicyclic) bond motifs is 2. The van der Waals surface area contributed by atoms with E-state index in [1.165, 1.54) is 15.9 Å². The van der Waals surface area contributed by atoms with Gasteiger partial charge in [0.2, 0.25) is 0 Å². The maximum Gasteiger partial charge on any atom is 0.271 e. The van der Waals surface area contributed by atoms with E-state index in [9.17, 15) is 14.4 Å². The fraction of sp³-hybridized carbons (Fsp3) is 0.355. The van der Waals surface area contributed by atoms with E-state index in [1.807, 2.05) is 52.0 Å². The first kappa shape index (κ1) is 28.4. The minimum atomic E-state index is -0.841. The van der Waals surface area contributed by atoms with Gasteiger partial charge in [-0.1, -0.05) is 29.5 Å². The molecule has 2 amide bonds. The van der Waals surface area contributed by atoms with Gasteiger partial charge in [0.05, 0.1) is 36.8 Å². The highest BCUT2D eigenvalue weighted by Gasteiger charge is 2.39. The number of ether oxygens (including phenoxy) is 2. The third-order valence-electron chi connectivity index (χ3n) is 7.62. The zero-order valence-corrected chi connectivity index (χ0v) is 25.2. The van der Waals surface area contributed by atoms with Gasteiger partial charge in [-0.05, 0) is 58.9 Å². The van der Waals surface area contributed by atoms with Crippen LogP contribution < -0.4 is 29.3 Å². The lowest BCUT2D eigenvalue weighted by Crippen LogP contribution is -2.43. The highest BCUT2D eigenvalue weighted by Crippen LogP contribution is 2.39. The SMILES string of the molecule is CCN(CC)C(=O)C1=C(C)N=c2s/c(=C3\C(=O)N(C(C)C)c4ccccc43)c(=O)n2[C@@H]1c1cc(OC)ccc1OC. The van der Waals surface area contributed by atoms with Gasteiger partial charge in [-0.25, -0.2) is 4.99 Å². The lowest BCUT2D eigenvalue weighted by Gasteiger charge is -2.30. The number of nitrogens with zero attached hydrogens (tertiary/aromatic N) is 4. The Labute approximate surface area is 242 Å². The summed E-state index contributed by atoms with van der Waals surface area (Å²) in [5.74, 6) is 0.624. The summed E-state index contributed by atoms with van der Waals surface area (Å²) in [6.45, 7) is 10.5. The smallest absolute Gasteiger partial charge is 0.271 e. The molecular weight excluding hydrogens is 540 g/mol. The zero-order valence-electron chi connectivity index (χ0n) is 24.3. The third-order valence-corrected chi connectivity index (χ3v) is 8.67. The van der Waals surface area contributed by atoms with Crippen molar-refractivity contribution in [3.05, 3.63) is 84.5 Å². The number of thiazole rings is 1. The number of amides is 2. The van der Waals surface area contributed by atoms with E-state index in [-0.39, 0.29) is 23.4 Å². The standard InChI is InChI=1S/C31H34N4O5S/c1-8-33(9-2)28(36)24-18(5)32-31-35(26(24)21-16-19(39-6)14-15-23(21)40-7)30(38)27(41-31)25-20-12-10-11-13-22(20)34(17(3)4)29(25)37/h10-17,26H,8-9H2,1-7H3/b27-25-/t26-/m1/s1. The summed E-state index contributed by atoms with van der Waals surface area (Å²) >= 11 is 1.17. The van der Waals surface area contributed by atoms with Crippen molar-refractivity contribution in [1.29, 1.82) is 0 Å². The number of para-hydroxylation sites is 1. The molecule has 0 unspecified atom stereocenters. The predicted molar refractivity (Wildman–Crippen MR) is 159 cm³/mol. The van der Waals surface area contributed by atoms with Crippen LogP contribution in [0.5, 0.6) is 11.5 Å². The molecule has 0 aliphatic carbocycles. The van der Waals surface area contributed by atoms with Gasteiger partial charge in [0.25, 0.3) is 17.4 Å². The molecule has 3 aromatic rings. The van der Waals surface area contributed by atoms with Crippen LogP contribution in [-0.4, -0.2) is 54.6 Å². The van der Waals surface area contributed by atoms with Crippen molar-refractivity contribution < 1.29 is 19.1 Å². The molecule has 0 N–H and O–H groups in total. The first-order valence-corrected chi connectivity index (χ1v) is 14.5. The second kappa shape index (κ2) is 11.0. The topological polar surface area (TPSA) is 93.4 Å². The van der Waals surface area contributed by atoms with Crippen LogP contribution in [-0.2, 0) is 9.59 Å². The van der Waals surface area contributed by atoms with Crippen LogP contribution in [0.15, 0.2) is 63.5 Å². The molecule has 41 heavy (non-hydrogen) atoms. The van der Waals surface area contributed by atoms with E-state index >= 15 is 0 Å². The molecule has 0 radical (unpaired) electrons. The summed E-state index contributed by atoms with van der Waals surface area (Å²) in [7, 11) is 3.11. The van der Waals surface area contributed by atoms with Gasteiger partial charge in [0.1, 0.15) is 22.1 Å². The number of carbonyl (C=O) groups is 2. The maximum atomic E-state index is 14.5. The van der Waals surface area contributed by atoms with Crippen molar-refractivity contribution in [2.45, 2.75) is 46.7 Å². The van der Waals surface area contributed by atoms with Crippen molar-refractivity contribution in [1.82, 2.24) is 9.47 Å². The molecule has 10 heteroatoms. The van der Waals surface area contributed by atoms with Gasteiger partial charge in [0.15, 0.2) is 4.80 Å². The van der Waals surface area contributed by atoms with Crippen molar-refractivity contribution in [2.75, 3.05) is 32.2 Å². The first-order chi connectivity index (χ1) is 19.7. The fourth-order valence-corrected chi connectivity index (χ4v) is 6.78. The number of aromatic nitrogens is 1. The quantitative estimate of drug-likeness (QED) is 0.432. The summed E-state index contributed by atoms with van der Waals surface area (Å²) in [5.41, 5.74) is 2.94. The third kappa shape index (κ3) is 4.46. The molecule has 3 heterocycles. The van der Waals surface area contributed by atoms with Gasteiger partial charge in [-0.2, -0.15) is 0 Å². The number of benzene rings is 2. The van der Waals surface area contributed by atoms with Crippen LogP contribution in [0.25, 0.3) is 5.57 Å². The number of anilines is 1. The molecule has 0 saturated carbocycles. The van der Waals surface area contributed by atoms with Crippen LogP contribution in [0.1, 0.15) is 51.8 Å². The normalized spacial score (nSPS) is 17.4. The molecule has 0 fully saturated rings. The molecule has 0 spiro atoms. The largest absolute Gasteiger partial charge is 0.497 e. The highest BCUT2D eigenvalue weighted by molar-refractivity contribution is 7.07. The van der Waals surface area contributed by atoms with E-state index in [4.69, 9.17) is 14.5 Å². The highest BCUT2D eigenvalue weighted by atomic mass is 32.1. The number of hydrogen-bond donors (Lipinski definition) is 0. The summed E-state index contributed by atoms with van der Waals surface area (Å²) < 4.78 is 13.1. The lowest BCUT2D eigenvalue weighted by atomic mass is 9.93. The zero-order chi connectivity index (χ0) is 29.6. The van der Waals surface area contributed by atoms with Crippen molar-refractivity contribution in [3.8, 4) is 11.5 Å². The van der Waals surface area contributed by atoms with Gasteiger partial charge < -0.3 is 19.3 Å². The average Bonchev–Trinajstić information content (AvgIpc) is 3.44. The molecule has 1 atom stereocenters. The van der Waals surface area contributed by atoms with Crippen LogP contribution in [0.3, 0.4) is 0 Å². The maximum absolute atomic E-state index is 14.5. The number of methoxy groups -OCH3 is 2. The fourth-order valence-electron chi connectivity index (χ4n) is 5.65. The van der Waals surface area contributed by atoms with Crippen molar-refractivity contribution in [2.24, 2.45) is 4.99 Å². The molecule has 2 aromatic carbocycles. The van der Waals surface area contributed by atoms with Gasteiger partial charge in [-0.3, -0.25) is 19.0 Å². The average molecular weight is 575 g/mol. The molecule has 2 aliphatic rings. The number of allylic oxidation sites excluding steroid dienone is 1. The Hall–Kier alpha value is -4.18. The summed E-state index contributed by atoms with van der Waals surface area (Å²) in [6.07, 6.45) is 0. The Morgan fingerprint density at radius 3 is 2.41 bits per heavy atom. The Morgan fingerprint density at radius 1 is 1.07 bits per heavy atom. The van der Waals surface area contributed by atoms with Crippen LogP contribution in [0.2, 0.25) is 0 Å². The predicted octanol–water partition coefficient (Wildman–Crippen LogP) is 3.25. The van der Waals surface area contributed by atoms with E-state index in [2.05, 4.69) is 0 Å². The summed E-state index contributed by atoms with van der Waals surface area (Å²) in [6, 6.07) is 11.9. The summed E-state index contributed by atoms with van der Waals surface area (Å²) in [5, 5.41) is 0. The van der Waals surface area contributed by atoms with Gasteiger partial charge in [-0.15, -0.1) is 0 Å². The van der Waals surface area contributed by atoms with E-state index in [0.717, 1.165) is 5.69 Å². The molecule has 0 bridgehead atoms. The Morgan fingerprint density at radius 2 is 1.78 bits per heavy atom. The van der Waals surface area contributed by atoms with Gasteiger partial charge >= 0.3 is 0 Å². The van der Waals surface area contributed by atoms with Crippen molar-refractivity contribution in [3.63, 3.8) is 0 Å². The first-order valence-electron chi connectivity index (χ1n) is 13.7. The molecule has 2 aliphatic heterocycles. The molecular formula is C31H34N4O5S. The summed E-state index contributed by atoms with van der Waals surface area (Å²) in [4.78, 5) is 50.9. The van der Waals surface area contributed by atoms with Crippen molar-refractivity contribution >= 4 is 34.4 Å². The van der Waals surface area contributed by atoms with Crippen LogP contribution >= 0.6 is 11.3 Å². The molecule has 0 saturated heterocycles. The molecule has 5 rings (SSSR count). The Bertz CT molecular complexity index is 1760. The Kier molecular flexibility index (Phi) is 7.61. The minimum Gasteiger partial charge on any atom is -0.497 e. The molecule has 1 aromatic heterocycles. The number of rotatable bonds is 7. The van der Waals surface area contributed by atoms with Crippen LogP contribution in [0, 0.1) is 0 Å². The van der Waals surface area contributed by atoms with E-state index in [1.54, 1.807) is 49.1 Å². The number of hydrogen-bond acceptors (Lipinski definition) is 7. The second-order valence-corrected chi connectivity index (χ2v) is 11.1. The number of carbonyl (C=O) groups excluding carboxylic acids is 2. The molecule has 214 valence electrons. The second-order valence-electron chi connectivity index (χ2n) is 10.1.